The van der Waals surface area contributed by atoms with Crippen LogP contribution in [0.1, 0.15) is 38.3 Å². The lowest BCUT2D eigenvalue weighted by molar-refractivity contribution is -0.120. The normalized spacial score (nSPS) is 14.9. The Bertz CT molecular complexity index is 1300. The fourth-order valence-corrected chi connectivity index (χ4v) is 3.87. The van der Waals surface area contributed by atoms with E-state index in [2.05, 4.69) is 10.4 Å². The van der Waals surface area contributed by atoms with Gasteiger partial charge in [0.1, 0.15) is 17.4 Å². The van der Waals surface area contributed by atoms with Crippen LogP contribution in [0.2, 0.25) is 0 Å². The molecule has 1 saturated heterocycles. The van der Waals surface area contributed by atoms with Crippen LogP contribution in [0.4, 0.5) is 19.3 Å². The Kier molecular flexibility index (Phi) is 7.16. The molecular weight excluding hydrogens is 482 g/mol. The number of halogens is 2. The summed E-state index contributed by atoms with van der Waals surface area (Å²) in [6, 6.07) is 4.86. The molecule has 0 aliphatic carbocycles. The van der Waals surface area contributed by atoms with Gasteiger partial charge in [-0.05, 0) is 35.2 Å². The number of nitrogens with one attached hydrogen (secondary N) is 2. The molecular formula is C23H26F2N4O5S. The number of imide groups is 1. The zero-order chi connectivity index (χ0) is 26.1. The summed E-state index contributed by atoms with van der Waals surface area (Å²) in [5, 5.41) is 5.62. The first-order chi connectivity index (χ1) is 16.2. The number of hydrogen-bond acceptors (Lipinski definition) is 6. The van der Waals surface area contributed by atoms with Crippen LogP contribution in [0, 0.1) is 11.6 Å². The first kappa shape index (κ1) is 26.1. The highest BCUT2D eigenvalue weighted by Gasteiger charge is 2.29. The van der Waals surface area contributed by atoms with E-state index in [0.29, 0.717) is 22.6 Å². The van der Waals surface area contributed by atoms with Crippen molar-refractivity contribution in [3.63, 3.8) is 0 Å². The molecule has 2 aromatic rings. The minimum atomic E-state index is -3.69. The number of ether oxygens (including phenoxy) is 1. The van der Waals surface area contributed by atoms with Crippen LogP contribution in [0.3, 0.4) is 0 Å². The number of hydrazone groups is 1. The second-order valence-corrected chi connectivity index (χ2v) is 10.8. The molecule has 0 spiro atoms. The van der Waals surface area contributed by atoms with Crippen LogP contribution in [-0.2, 0) is 20.2 Å². The number of benzene rings is 2. The Hall–Kier alpha value is -3.54. The second-order valence-electron chi connectivity index (χ2n) is 9.05. The van der Waals surface area contributed by atoms with E-state index in [1.807, 2.05) is 20.8 Å². The fourth-order valence-electron chi connectivity index (χ4n) is 3.62. The molecule has 35 heavy (non-hydrogen) atoms. The number of anilines is 1. The highest BCUT2D eigenvalue weighted by molar-refractivity contribution is 7.88. The molecule has 188 valence electrons. The molecule has 3 amide bonds. The minimum absolute atomic E-state index is 0.108. The summed E-state index contributed by atoms with van der Waals surface area (Å²) in [5.41, 5.74) is 0.561. The first-order valence-corrected chi connectivity index (χ1v) is 12.4. The summed E-state index contributed by atoms with van der Waals surface area (Å²) >= 11 is 0. The van der Waals surface area contributed by atoms with E-state index in [1.165, 1.54) is 12.0 Å². The summed E-state index contributed by atoms with van der Waals surface area (Å²) in [4.78, 5) is 27.2. The van der Waals surface area contributed by atoms with E-state index in [1.54, 1.807) is 17.0 Å². The van der Waals surface area contributed by atoms with E-state index in [-0.39, 0.29) is 24.4 Å². The molecule has 0 unspecified atom stereocenters. The molecule has 0 aromatic heterocycles. The number of rotatable bonds is 6. The quantitative estimate of drug-likeness (QED) is 0.459. The Labute approximate surface area is 202 Å². The number of urea groups is 1. The summed E-state index contributed by atoms with van der Waals surface area (Å²) < 4.78 is 57.7. The van der Waals surface area contributed by atoms with Gasteiger partial charge in [-0.2, -0.15) is 5.10 Å². The van der Waals surface area contributed by atoms with Crippen LogP contribution in [0.15, 0.2) is 29.4 Å². The lowest BCUT2D eigenvalue weighted by atomic mass is 9.83. The molecule has 2 N–H and O–H groups in total. The fraction of sp³-hybridized carbons (Fsp3) is 0.348. The monoisotopic (exact) mass is 508 g/mol. The zero-order valence-corrected chi connectivity index (χ0v) is 20.7. The Morgan fingerprint density at radius 1 is 1.14 bits per heavy atom. The molecule has 0 saturated carbocycles. The van der Waals surface area contributed by atoms with Crippen molar-refractivity contribution in [1.82, 2.24) is 10.1 Å². The lowest BCUT2D eigenvalue weighted by Crippen LogP contribution is -2.49. The molecule has 1 fully saturated rings. The van der Waals surface area contributed by atoms with Gasteiger partial charge in [-0.1, -0.05) is 20.8 Å². The van der Waals surface area contributed by atoms with Gasteiger partial charge in [0.2, 0.25) is 15.9 Å². The number of methoxy groups -OCH3 is 1. The largest absolute Gasteiger partial charge is 0.496 e. The van der Waals surface area contributed by atoms with Crippen molar-refractivity contribution in [2.45, 2.75) is 32.6 Å². The van der Waals surface area contributed by atoms with Gasteiger partial charge < -0.3 is 4.74 Å². The highest BCUT2D eigenvalue weighted by Crippen LogP contribution is 2.43. The molecule has 1 heterocycles. The standard InChI is InChI=1S/C23H26F2N4O5S/c1-23(2,3)17-11-14(29-7-6-20(30)27-22(29)31)10-15(21(17)34-4)13-8-18(24)16(19(25)9-13)12-26-28-35(5,32)33/h8-12,28H,6-7H2,1-5H3,(H,27,30,31). The number of sulfonamides is 1. The molecule has 2 aromatic carbocycles. The van der Waals surface area contributed by atoms with Crippen molar-refractivity contribution < 1.29 is 31.5 Å². The van der Waals surface area contributed by atoms with E-state index >= 15 is 0 Å². The first-order valence-electron chi connectivity index (χ1n) is 10.5. The van der Waals surface area contributed by atoms with Gasteiger partial charge in [-0.25, -0.2) is 26.8 Å². The van der Waals surface area contributed by atoms with Crippen molar-refractivity contribution >= 4 is 33.9 Å². The van der Waals surface area contributed by atoms with Gasteiger partial charge in [-0.15, -0.1) is 0 Å². The highest BCUT2D eigenvalue weighted by atomic mass is 32.2. The molecule has 3 rings (SSSR count). The molecule has 0 bridgehead atoms. The SMILES string of the molecule is COc1c(-c2cc(F)c(C=NNS(C)(=O)=O)c(F)c2)cc(N2CCC(=O)NC2=O)cc1C(C)(C)C. The second kappa shape index (κ2) is 9.61. The number of hydrogen-bond donors (Lipinski definition) is 2. The van der Waals surface area contributed by atoms with Crippen LogP contribution in [-0.4, -0.2) is 46.5 Å². The van der Waals surface area contributed by atoms with E-state index in [4.69, 9.17) is 4.74 Å². The van der Waals surface area contributed by atoms with Gasteiger partial charge in [0.05, 0.1) is 25.1 Å². The summed E-state index contributed by atoms with van der Waals surface area (Å²) in [6.07, 6.45) is 1.69. The van der Waals surface area contributed by atoms with Gasteiger partial charge in [-0.3, -0.25) is 15.0 Å². The van der Waals surface area contributed by atoms with Gasteiger partial charge in [0.15, 0.2) is 0 Å². The molecule has 0 radical (unpaired) electrons. The third-order valence-electron chi connectivity index (χ3n) is 5.25. The van der Waals surface area contributed by atoms with Crippen LogP contribution in [0.5, 0.6) is 5.75 Å². The number of carbonyl (C=O) groups excluding carboxylic acids is 2. The third kappa shape index (κ3) is 5.94. The predicted octanol–water partition coefficient (Wildman–Crippen LogP) is 3.27. The maximum atomic E-state index is 14.9. The van der Waals surface area contributed by atoms with Crippen molar-refractivity contribution in [2.24, 2.45) is 5.10 Å². The van der Waals surface area contributed by atoms with Gasteiger partial charge >= 0.3 is 6.03 Å². The predicted molar refractivity (Wildman–Crippen MR) is 128 cm³/mol. The topological polar surface area (TPSA) is 117 Å². The van der Waals surface area contributed by atoms with Crippen molar-refractivity contribution in [1.29, 1.82) is 0 Å². The average Bonchev–Trinajstić information content (AvgIpc) is 2.73. The van der Waals surface area contributed by atoms with E-state index in [0.717, 1.165) is 24.6 Å². The third-order valence-corrected chi connectivity index (χ3v) is 5.69. The molecule has 9 nitrogen and oxygen atoms in total. The minimum Gasteiger partial charge on any atom is -0.496 e. The van der Waals surface area contributed by atoms with Crippen molar-refractivity contribution in [3.05, 3.63) is 47.0 Å². The van der Waals surface area contributed by atoms with Crippen LogP contribution in [0.25, 0.3) is 11.1 Å². The smallest absolute Gasteiger partial charge is 0.328 e. The van der Waals surface area contributed by atoms with Gasteiger partial charge in [0.25, 0.3) is 0 Å². The van der Waals surface area contributed by atoms with Crippen LogP contribution >= 0.6 is 0 Å². The molecule has 1 aliphatic heterocycles. The van der Waals surface area contributed by atoms with Crippen LogP contribution < -0.4 is 19.8 Å². The Morgan fingerprint density at radius 3 is 2.29 bits per heavy atom. The summed E-state index contributed by atoms with van der Waals surface area (Å²) in [7, 11) is -2.25. The van der Waals surface area contributed by atoms with E-state index < -0.39 is 38.7 Å². The number of nitrogens with zero attached hydrogens (tertiary/aromatic N) is 2. The maximum Gasteiger partial charge on any atom is 0.328 e. The van der Waals surface area contributed by atoms with Crippen molar-refractivity contribution in [2.75, 3.05) is 24.8 Å². The van der Waals surface area contributed by atoms with E-state index in [9.17, 15) is 26.8 Å². The Balaban J connectivity index is 2.18. The van der Waals surface area contributed by atoms with Gasteiger partial charge in [0, 0.05) is 29.8 Å². The lowest BCUT2D eigenvalue weighted by Gasteiger charge is -2.31. The van der Waals surface area contributed by atoms with Crippen molar-refractivity contribution in [3.8, 4) is 16.9 Å². The number of carbonyl (C=O) groups is 2. The molecule has 0 atom stereocenters. The maximum absolute atomic E-state index is 14.9. The number of amides is 3. The summed E-state index contributed by atoms with van der Waals surface area (Å²) in [6.45, 7) is 5.92. The summed E-state index contributed by atoms with van der Waals surface area (Å²) in [5.74, 6) is -1.98. The molecule has 12 heteroatoms. The Morgan fingerprint density at radius 2 is 1.77 bits per heavy atom. The average molecular weight is 509 g/mol. The molecule has 1 aliphatic rings. The zero-order valence-electron chi connectivity index (χ0n) is 19.9.